The lowest BCUT2D eigenvalue weighted by Gasteiger charge is -2.32. The van der Waals surface area contributed by atoms with Crippen LogP contribution in [0.15, 0.2) is 18.2 Å². The van der Waals surface area contributed by atoms with Crippen LogP contribution < -0.4 is 10.1 Å². The van der Waals surface area contributed by atoms with Gasteiger partial charge in [-0.15, -0.1) is 0 Å². The van der Waals surface area contributed by atoms with Gasteiger partial charge >= 0.3 is 0 Å². The minimum absolute atomic E-state index is 0.550. The van der Waals surface area contributed by atoms with Gasteiger partial charge < -0.3 is 10.1 Å². The van der Waals surface area contributed by atoms with Gasteiger partial charge in [-0.1, -0.05) is 11.6 Å². The van der Waals surface area contributed by atoms with Crippen molar-refractivity contribution in [3.63, 3.8) is 0 Å². The minimum Gasteiger partial charge on any atom is -0.496 e. The van der Waals surface area contributed by atoms with Crippen molar-refractivity contribution in [1.29, 1.82) is 0 Å². The number of ether oxygens (including phenoxy) is 1. The summed E-state index contributed by atoms with van der Waals surface area (Å²) in [6, 6.07) is 6.34. The van der Waals surface area contributed by atoms with E-state index in [2.05, 4.69) is 17.1 Å². The van der Waals surface area contributed by atoms with Gasteiger partial charge in [-0.3, -0.25) is 4.90 Å². The molecular formula is C13H19ClN2O. The van der Waals surface area contributed by atoms with Gasteiger partial charge in [0.15, 0.2) is 0 Å². The maximum Gasteiger partial charge on any atom is 0.123 e. The van der Waals surface area contributed by atoms with E-state index in [1.807, 2.05) is 18.2 Å². The van der Waals surface area contributed by atoms with Crippen LogP contribution in [0.25, 0.3) is 0 Å². The van der Waals surface area contributed by atoms with Crippen molar-refractivity contribution in [1.82, 2.24) is 10.2 Å². The zero-order valence-corrected chi connectivity index (χ0v) is 11.1. The Labute approximate surface area is 108 Å². The Kier molecular flexibility index (Phi) is 4.26. The van der Waals surface area contributed by atoms with Gasteiger partial charge in [-0.05, 0) is 25.1 Å². The van der Waals surface area contributed by atoms with Gasteiger partial charge in [-0.25, -0.2) is 0 Å². The zero-order valence-electron chi connectivity index (χ0n) is 10.4. The van der Waals surface area contributed by atoms with Crippen molar-refractivity contribution in [2.45, 2.75) is 19.5 Å². The van der Waals surface area contributed by atoms with Crippen LogP contribution in [0.4, 0.5) is 0 Å². The van der Waals surface area contributed by atoms with E-state index < -0.39 is 0 Å². The summed E-state index contributed by atoms with van der Waals surface area (Å²) >= 11 is 6.03. The second-order valence-corrected chi connectivity index (χ2v) is 4.98. The van der Waals surface area contributed by atoms with Gasteiger partial charge in [0.2, 0.25) is 0 Å². The first kappa shape index (κ1) is 12.7. The van der Waals surface area contributed by atoms with E-state index >= 15 is 0 Å². The van der Waals surface area contributed by atoms with Crippen molar-refractivity contribution < 1.29 is 4.74 Å². The average Bonchev–Trinajstić information content (AvgIpc) is 2.29. The van der Waals surface area contributed by atoms with E-state index in [4.69, 9.17) is 16.3 Å². The predicted octanol–water partition coefficient (Wildman–Crippen LogP) is 2.14. The van der Waals surface area contributed by atoms with Crippen molar-refractivity contribution >= 4 is 11.6 Å². The SMILES string of the molecule is COc1ccc(Cl)cc1CN1CCN[C@H](C)C1. The van der Waals surface area contributed by atoms with Gasteiger partial charge in [0, 0.05) is 42.8 Å². The molecule has 1 aromatic rings. The number of nitrogens with zero attached hydrogens (tertiary/aromatic N) is 1. The predicted molar refractivity (Wildman–Crippen MR) is 70.7 cm³/mol. The number of halogens is 1. The molecule has 17 heavy (non-hydrogen) atoms. The lowest BCUT2D eigenvalue weighted by molar-refractivity contribution is 0.197. The highest BCUT2D eigenvalue weighted by Crippen LogP contribution is 2.24. The van der Waals surface area contributed by atoms with E-state index in [1.165, 1.54) is 0 Å². The fourth-order valence-electron chi connectivity index (χ4n) is 2.27. The number of hydrogen-bond acceptors (Lipinski definition) is 3. The van der Waals surface area contributed by atoms with Crippen LogP contribution in [0.3, 0.4) is 0 Å². The van der Waals surface area contributed by atoms with Crippen LogP contribution in [0.1, 0.15) is 12.5 Å². The molecular weight excluding hydrogens is 236 g/mol. The van der Waals surface area contributed by atoms with Crippen LogP contribution in [-0.2, 0) is 6.54 Å². The first-order valence-corrected chi connectivity index (χ1v) is 6.35. The molecule has 0 saturated carbocycles. The molecule has 0 radical (unpaired) electrons. The average molecular weight is 255 g/mol. The molecule has 0 aliphatic carbocycles. The molecule has 1 heterocycles. The molecule has 0 bridgehead atoms. The molecule has 1 aromatic carbocycles. The number of nitrogens with one attached hydrogen (secondary N) is 1. The number of hydrogen-bond donors (Lipinski definition) is 1. The summed E-state index contributed by atoms with van der Waals surface area (Å²) in [5.41, 5.74) is 1.16. The highest BCUT2D eigenvalue weighted by atomic mass is 35.5. The van der Waals surface area contributed by atoms with Crippen molar-refractivity contribution in [2.24, 2.45) is 0 Å². The fourth-order valence-corrected chi connectivity index (χ4v) is 2.46. The molecule has 0 unspecified atom stereocenters. The highest BCUT2D eigenvalue weighted by Gasteiger charge is 2.17. The van der Waals surface area contributed by atoms with Gasteiger partial charge in [0.1, 0.15) is 5.75 Å². The molecule has 0 aromatic heterocycles. The number of rotatable bonds is 3. The molecule has 94 valence electrons. The molecule has 1 saturated heterocycles. The second kappa shape index (κ2) is 5.71. The van der Waals surface area contributed by atoms with Crippen LogP contribution >= 0.6 is 11.6 Å². The molecule has 1 atom stereocenters. The summed E-state index contributed by atoms with van der Waals surface area (Å²) in [4.78, 5) is 2.43. The molecule has 1 aliphatic heterocycles. The standard InChI is InChI=1S/C13H19ClN2O/c1-10-8-16(6-5-15-10)9-11-7-12(14)3-4-13(11)17-2/h3-4,7,10,15H,5-6,8-9H2,1-2H3/t10-/m1/s1. The second-order valence-electron chi connectivity index (χ2n) is 4.55. The normalized spacial score (nSPS) is 21.5. The molecule has 1 aliphatic rings. The van der Waals surface area contributed by atoms with Crippen molar-refractivity contribution in [3.8, 4) is 5.75 Å². The lowest BCUT2D eigenvalue weighted by Crippen LogP contribution is -2.48. The van der Waals surface area contributed by atoms with Crippen LogP contribution in [0.2, 0.25) is 5.02 Å². The maximum atomic E-state index is 6.03. The van der Waals surface area contributed by atoms with Crippen LogP contribution in [0, 0.1) is 0 Å². The quantitative estimate of drug-likeness (QED) is 0.895. The summed E-state index contributed by atoms with van der Waals surface area (Å²) < 4.78 is 5.37. The number of benzene rings is 1. The largest absolute Gasteiger partial charge is 0.496 e. The topological polar surface area (TPSA) is 24.5 Å². The monoisotopic (exact) mass is 254 g/mol. The van der Waals surface area contributed by atoms with E-state index in [0.29, 0.717) is 6.04 Å². The minimum atomic E-state index is 0.550. The van der Waals surface area contributed by atoms with Gasteiger partial charge in [0.05, 0.1) is 7.11 Å². The molecule has 0 spiro atoms. The zero-order chi connectivity index (χ0) is 12.3. The summed E-state index contributed by atoms with van der Waals surface area (Å²) in [5.74, 6) is 0.917. The molecule has 4 heteroatoms. The first-order valence-electron chi connectivity index (χ1n) is 5.97. The summed E-state index contributed by atoms with van der Waals surface area (Å²) in [6.07, 6.45) is 0. The van der Waals surface area contributed by atoms with E-state index in [0.717, 1.165) is 42.5 Å². The third-order valence-electron chi connectivity index (χ3n) is 3.09. The number of methoxy groups -OCH3 is 1. The van der Waals surface area contributed by atoms with E-state index in [1.54, 1.807) is 7.11 Å². The Morgan fingerprint density at radius 2 is 2.35 bits per heavy atom. The third-order valence-corrected chi connectivity index (χ3v) is 3.32. The first-order chi connectivity index (χ1) is 8.19. The Balaban J connectivity index is 2.08. The van der Waals surface area contributed by atoms with Gasteiger partial charge in [-0.2, -0.15) is 0 Å². The summed E-state index contributed by atoms with van der Waals surface area (Å²) in [5, 5.41) is 4.21. The van der Waals surface area contributed by atoms with Crippen molar-refractivity contribution in [3.05, 3.63) is 28.8 Å². The summed E-state index contributed by atoms with van der Waals surface area (Å²) in [7, 11) is 1.70. The third kappa shape index (κ3) is 3.35. The molecule has 0 amide bonds. The Hall–Kier alpha value is -0.770. The Bertz CT molecular complexity index is 384. The van der Waals surface area contributed by atoms with Crippen molar-refractivity contribution in [2.75, 3.05) is 26.7 Å². The Morgan fingerprint density at radius 1 is 1.53 bits per heavy atom. The lowest BCUT2D eigenvalue weighted by atomic mass is 10.1. The smallest absolute Gasteiger partial charge is 0.123 e. The molecule has 2 rings (SSSR count). The fraction of sp³-hybridized carbons (Fsp3) is 0.538. The number of piperazine rings is 1. The molecule has 3 nitrogen and oxygen atoms in total. The van der Waals surface area contributed by atoms with Crippen LogP contribution in [-0.4, -0.2) is 37.7 Å². The molecule has 1 fully saturated rings. The molecule has 1 N–H and O–H groups in total. The van der Waals surface area contributed by atoms with E-state index in [-0.39, 0.29) is 0 Å². The van der Waals surface area contributed by atoms with E-state index in [9.17, 15) is 0 Å². The Morgan fingerprint density at radius 3 is 3.06 bits per heavy atom. The summed E-state index contributed by atoms with van der Waals surface area (Å²) in [6.45, 7) is 6.29. The highest BCUT2D eigenvalue weighted by molar-refractivity contribution is 6.30. The van der Waals surface area contributed by atoms with Gasteiger partial charge in [0.25, 0.3) is 0 Å². The van der Waals surface area contributed by atoms with Crippen LogP contribution in [0.5, 0.6) is 5.75 Å². The maximum absolute atomic E-state index is 6.03.